The molecule has 164 valence electrons. The first-order valence-corrected chi connectivity index (χ1v) is 11.6. The number of ether oxygens (including phenoxy) is 1. The standard InChI is InChI=1S/C22H44N4O2/c1-5-24(6-2)12-10-23-22(27)8-7-20-18-25(17-19(3)4)11-9-21(20)26-13-15-28-16-14-26/h19-21H,5-18H2,1-4H3,(H,23,27)/t20-,21+/m0/s1. The molecule has 1 amide bonds. The summed E-state index contributed by atoms with van der Waals surface area (Å²) >= 11 is 0. The Morgan fingerprint density at radius 3 is 2.54 bits per heavy atom. The van der Waals surface area contributed by atoms with Gasteiger partial charge in [0.2, 0.25) is 5.91 Å². The fourth-order valence-corrected chi connectivity index (χ4v) is 4.75. The highest BCUT2D eigenvalue weighted by Crippen LogP contribution is 2.27. The first-order chi connectivity index (χ1) is 13.5. The summed E-state index contributed by atoms with van der Waals surface area (Å²) in [6, 6.07) is 0.607. The van der Waals surface area contributed by atoms with E-state index in [0.29, 0.717) is 24.3 Å². The van der Waals surface area contributed by atoms with Gasteiger partial charge in [0.05, 0.1) is 13.2 Å². The lowest BCUT2D eigenvalue weighted by atomic mass is 9.86. The molecule has 0 saturated carbocycles. The molecule has 2 heterocycles. The van der Waals surface area contributed by atoms with E-state index < -0.39 is 0 Å². The van der Waals surface area contributed by atoms with Gasteiger partial charge in [-0.2, -0.15) is 0 Å². The van der Waals surface area contributed by atoms with E-state index in [2.05, 4.69) is 47.7 Å². The Morgan fingerprint density at radius 1 is 1.18 bits per heavy atom. The maximum absolute atomic E-state index is 12.4. The summed E-state index contributed by atoms with van der Waals surface area (Å²) in [5.74, 6) is 1.50. The second-order valence-electron chi connectivity index (χ2n) is 8.83. The minimum absolute atomic E-state index is 0.217. The number of hydrogen-bond donors (Lipinski definition) is 1. The van der Waals surface area contributed by atoms with Crippen molar-refractivity contribution in [2.24, 2.45) is 11.8 Å². The van der Waals surface area contributed by atoms with Gasteiger partial charge >= 0.3 is 0 Å². The summed E-state index contributed by atoms with van der Waals surface area (Å²) in [6.07, 6.45) is 2.87. The fraction of sp³-hybridized carbons (Fsp3) is 0.955. The average Bonchev–Trinajstić information content (AvgIpc) is 2.70. The van der Waals surface area contributed by atoms with Crippen LogP contribution in [0.2, 0.25) is 0 Å². The van der Waals surface area contributed by atoms with Crippen LogP contribution in [0.25, 0.3) is 0 Å². The summed E-state index contributed by atoms with van der Waals surface area (Å²) < 4.78 is 5.56. The van der Waals surface area contributed by atoms with E-state index in [9.17, 15) is 4.79 Å². The molecule has 2 saturated heterocycles. The van der Waals surface area contributed by atoms with Gasteiger partial charge in [-0.25, -0.2) is 0 Å². The van der Waals surface area contributed by atoms with Crippen molar-refractivity contribution in [3.63, 3.8) is 0 Å². The summed E-state index contributed by atoms with van der Waals surface area (Å²) in [5.41, 5.74) is 0. The summed E-state index contributed by atoms with van der Waals surface area (Å²) in [5, 5.41) is 3.13. The Morgan fingerprint density at radius 2 is 1.89 bits per heavy atom. The molecule has 28 heavy (non-hydrogen) atoms. The molecule has 2 rings (SSSR count). The Labute approximate surface area is 172 Å². The first kappa shape index (κ1) is 23.6. The van der Waals surface area contributed by atoms with E-state index in [1.165, 1.54) is 19.5 Å². The van der Waals surface area contributed by atoms with Gasteiger partial charge in [0.15, 0.2) is 0 Å². The minimum Gasteiger partial charge on any atom is -0.379 e. The molecule has 0 radical (unpaired) electrons. The number of likely N-dealkylation sites (tertiary alicyclic amines) is 1. The molecule has 6 nitrogen and oxygen atoms in total. The molecule has 0 bridgehead atoms. The number of morpholine rings is 1. The van der Waals surface area contributed by atoms with E-state index >= 15 is 0 Å². The Hall–Kier alpha value is -0.690. The molecule has 2 aliphatic heterocycles. The number of rotatable bonds is 11. The van der Waals surface area contributed by atoms with Gasteiger partial charge in [0.1, 0.15) is 0 Å². The average molecular weight is 397 g/mol. The second kappa shape index (κ2) is 12.8. The number of carbonyl (C=O) groups excluding carboxylic acids is 1. The third-order valence-electron chi connectivity index (χ3n) is 6.30. The number of hydrogen-bond acceptors (Lipinski definition) is 5. The van der Waals surface area contributed by atoms with Crippen molar-refractivity contribution in [1.82, 2.24) is 20.0 Å². The second-order valence-corrected chi connectivity index (χ2v) is 8.83. The van der Waals surface area contributed by atoms with Gasteiger partial charge < -0.3 is 19.9 Å². The zero-order chi connectivity index (χ0) is 20.4. The molecule has 0 aliphatic carbocycles. The molecule has 0 aromatic heterocycles. The van der Waals surface area contributed by atoms with Gasteiger partial charge in [-0.05, 0) is 44.3 Å². The Kier molecular flexibility index (Phi) is 10.8. The largest absolute Gasteiger partial charge is 0.379 e. The van der Waals surface area contributed by atoms with Crippen molar-refractivity contribution in [1.29, 1.82) is 0 Å². The highest BCUT2D eigenvalue weighted by atomic mass is 16.5. The monoisotopic (exact) mass is 396 g/mol. The summed E-state index contributed by atoms with van der Waals surface area (Å²) in [4.78, 5) is 20.0. The van der Waals surface area contributed by atoms with Gasteiger partial charge in [0, 0.05) is 51.7 Å². The molecular formula is C22H44N4O2. The predicted molar refractivity (Wildman–Crippen MR) is 116 cm³/mol. The third kappa shape index (κ3) is 7.97. The van der Waals surface area contributed by atoms with Crippen LogP contribution in [0, 0.1) is 11.8 Å². The van der Waals surface area contributed by atoms with E-state index in [0.717, 1.165) is 65.4 Å². The number of nitrogens with zero attached hydrogens (tertiary/aromatic N) is 3. The van der Waals surface area contributed by atoms with Crippen molar-refractivity contribution in [3.05, 3.63) is 0 Å². The van der Waals surface area contributed by atoms with Crippen LogP contribution in [0.15, 0.2) is 0 Å². The topological polar surface area (TPSA) is 48.1 Å². The van der Waals surface area contributed by atoms with Gasteiger partial charge in [-0.1, -0.05) is 27.7 Å². The van der Waals surface area contributed by atoms with Crippen molar-refractivity contribution in [2.75, 3.05) is 72.1 Å². The number of piperidine rings is 1. The zero-order valence-corrected chi connectivity index (χ0v) is 18.8. The van der Waals surface area contributed by atoms with Gasteiger partial charge in [0.25, 0.3) is 0 Å². The summed E-state index contributed by atoms with van der Waals surface area (Å²) in [7, 11) is 0. The van der Waals surface area contributed by atoms with Gasteiger partial charge in [-0.15, -0.1) is 0 Å². The van der Waals surface area contributed by atoms with Crippen LogP contribution in [0.5, 0.6) is 0 Å². The zero-order valence-electron chi connectivity index (χ0n) is 18.8. The highest BCUT2D eigenvalue weighted by molar-refractivity contribution is 5.75. The molecule has 2 aliphatic rings. The number of likely N-dealkylation sites (N-methyl/N-ethyl adjacent to an activating group) is 1. The minimum atomic E-state index is 0.217. The van der Waals surface area contributed by atoms with Crippen LogP contribution in [-0.4, -0.2) is 98.8 Å². The number of carbonyl (C=O) groups is 1. The lowest BCUT2D eigenvalue weighted by Crippen LogP contribution is -2.54. The molecule has 6 heteroatoms. The van der Waals surface area contributed by atoms with E-state index in [4.69, 9.17) is 4.74 Å². The van der Waals surface area contributed by atoms with Crippen LogP contribution in [0.4, 0.5) is 0 Å². The lowest BCUT2D eigenvalue weighted by Gasteiger charge is -2.45. The SMILES string of the molecule is CCN(CC)CCNC(=O)CC[C@H]1CN(CC(C)C)CC[C@H]1N1CCOCC1. The van der Waals surface area contributed by atoms with Gasteiger partial charge in [-0.3, -0.25) is 9.69 Å². The van der Waals surface area contributed by atoms with Crippen molar-refractivity contribution in [2.45, 2.75) is 53.0 Å². The molecule has 2 atom stereocenters. The number of amides is 1. The van der Waals surface area contributed by atoms with Crippen LogP contribution in [-0.2, 0) is 9.53 Å². The normalized spacial score (nSPS) is 24.8. The quantitative estimate of drug-likeness (QED) is 0.578. The number of nitrogens with one attached hydrogen (secondary N) is 1. The Balaban J connectivity index is 1.82. The van der Waals surface area contributed by atoms with Crippen molar-refractivity contribution < 1.29 is 9.53 Å². The van der Waals surface area contributed by atoms with Crippen LogP contribution in [0.3, 0.4) is 0 Å². The van der Waals surface area contributed by atoms with E-state index in [1.54, 1.807) is 0 Å². The highest BCUT2D eigenvalue weighted by Gasteiger charge is 2.34. The summed E-state index contributed by atoms with van der Waals surface area (Å²) in [6.45, 7) is 20.0. The van der Waals surface area contributed by atoms with E-state index in [-0.39, 0.29) is 5.91 Å². The molecular weight excluding hydrogens is 352 g/mol. The molecule has 1 N–H and O–H groups in total. The lowest BCUT2D eigenvalue weighted by molar-refractivity contribution is -0.121. The predicted octanol–water partition coefficient (Wildman–Crippen LogP) is 1.90. The maximum atomic E-state index is 12.4. The molecule has 0 aromatic carbocycles. The molecule has 0 unspecified atom stereocenters. The van der Waals surface area contributed by atoms with Crippen molar-refractivity contribution in [3.8, 4) is 0 Å². The van der Waals surface area contributed by atoms with Crippen molar-refractivity contribution >= 4 is 5.91 Å². The fourth-order valence-electron chi connectivity index (χ4n) is 4.75. The smallest absolute Gasteiger partial charge is 0.220 e. The van der Waals surface area contributed by atoms with Crippen LogP contribution < -0.4 is 5.32 Å². The first-order valence-electron chi connectivity index (χ1n) is 11.6. The van der Waals surface area contributed by atoms with E-state index in [1.807, 2.05) is 0 Å². The molecule has 0 spiro atoms. The van der Waals surface area contributed by atoms with Crippen LogP contribution in [0.1, 0.15) is 47.0 Å². The van der Waals surface area contributed by atoms with Crippen LogP contribution >= 0.6 is 0 Å². The maximum Gasteiger partial charge on any atom is 0.220 e. The Bertz CT molecular complexity index is 436. The third-order valence-corrected chi connectivity index (χ3v) is 6.30. The molecule has 0 aromatic rings. The molecule has 2 fully saturated rings.